The maximum Gasteiger partial charge on any atom is 0.220 e. The molecule has 0 fully saturated rings. The fourth-order valence-electron chi connectivity index (χ4n) is 2.02. The molecule has 3 nitrogen and oxygen atoms in total. The van der Waals surface area contributed by atoms with Crippen molar-refractivity contribution in [2.24, 2.45) is 0 Å². The number of hydrogen-bond donors (Lipinski definition) is 2. The van der Waals surface area contributed by atoms with Crippen LogP contribution in [0.2, 0.25) is 0 Å². The van der Waals surface area contributed by atoms with Crippen LogP contribution in [-0.4, -0.2) is 17.6 Å². The zero-order valence-corrected chi connectivity index (χ0v) is 13.6. The van der Waals surface area contributed by atoms with Crippen LogP contribution in [0, 0.1) is 11.8 Å². The lowest BCUT2D eigenvalue weighted by molar-refractivity contribution is -0.121. The highest BCUT2D eigenvalue weighted by molar-refractivity contribution is 7.10. The maximum absolute atomic E-state index is 11.7. The first-order valence-electron chi connectivity index (χ1n) is 7.70. The van der Waals surface area contributed by atoms with Crippen molar-refractivity contribution < 1.29 is 9.90 Å². The molecule has 21 heavy (non-hydrogen) atoms. The summed E-state index contributed by atoms with van der Waals surface area (Å²) in [5.74, 6) is 5.60. The Balaban J connectivity index is 2.13. The summed E-state index contributed by atoms with van der Waals surface area (Å²) in [6.45, 7) is 2.65. The van der Waals surface area contributed by atoms with Crippen molar-refractivity contribution in [2.45, 2.75) is 58.4 Å². The molecule has 0 spiro atoms. The molecule has 2 N–H and O–H groups in total. The van der Waals surface area contributed by atoms with Crippen molar-refractivity contribution in [3.8, 4) is 11.8 Å². The molecule has 4 heteroatoms. The monoisotopic (exact) mass is 307 g/mol. The van der Waals surface area contributed by atoms with E-state index in [1.165, 1.54) is 25.7 Å². The molecule has 1 aromatic rings. The average Bonchev–Trinajstić information content (AvgIpc) is 2.94. The second-order valence-corrected chi connectivity index (χ2v) is 6.05. The van der Waals surface area contributed by atoms with Crippen LogP contribution in [0.15, 0.2) is 11.4 Å². The van der Waals surface area contributed by atoms with E-state index in [1.807, 2.05) is 11.4 Å². The first-order valence-corrected chi connectivity index (χ1v) is 8.58. The molecule has 0 aromatic carbocycles. The third-order valence-corrected chi connectivity index (χ3v) is 4.12. The highest BCUT2D eigenvalue weighted by atomic mass is 32.1. The van der Waals surface area contributed by atoms with Crippen molar-refractivity contribution in [1.82, 2.24) is 5.32 Å². The zero-order valence-electron chi connectivity index (χ0n) is 12.8. The van der Waals surface area contributed by atoms with Gasteiger partial charge in [0.2, 0.25) is 5.91 Å². The normalized spacial score (nSPS) is 10.0. The number of aliphatic hydroxyl groups is 1. The van der Waals surface area contributed by atoms with Gasteiger partial charge in [0.05, 0.1) is 6.54 Å². The summed E-state index contributed by atoms with van der Waals surface area (Å²) in [4.78, 5) is 12.8. The Hall–Kier alpha value is -1.31. The molecular formula is C17H25NO2S. The van der Waals surface area contributed by atoms with Gasteiger partial charge in [-0.1, -0.05) is 50.9 Å². The Morgan fingerprint density at radius 3 is 2.81 bits per heavy atom. The van der Waals surface area contributed by atoms with Gasteiger partial charge in [0.15, 0.2) is 0 Å². The summed E-state index contributed by atoms with van der Waals surface area (Å²) < 4.78 is 0. The van der Waals surface area contributed by atoms with Gasteiger partial charge in [0.1, 0.15) is 6.61 Å². The highest BCUT2D eigenvalue weighted by Gasteiger charge is 2.03. The number of hydrogen-bond acceptors (Lipinski definition) is 3. The van der Waals surface area contributed by atoms with Crippen LogP contribution in [0.1, 0.15) is 62.3 Å². The highest BCUT2D eigenvalue weighted by Crippen LogP contribution is 2.13. The minimum absolute atomic E-state index is 0.125. The third-order valence-electron chi connectivity index (χ3n) is 3.18. The molecular weight excluding hydrogens is 282 g/mol. The second kappa shape index (κ2) is 11.4. The molecule has 0 bridgehead atoms. The Kier molecular flexibility index (Phi) is 9.60. The molecule has 0 aliphatic heterocycles. The Morgan fingerprint density at radius 1 is 1.29 bits per heavy atom. The largest absolute Gasteiger partial charge is 0.384 e. The van der Waals surface area contributed by atoms with Crippen LogP contribution in [0.25, 0.3) is 0 Å². The van der Waals surface area contributed by atoms with Gasteiger partial charge < -0.3 is 10.4 Å². The predicted molar refractivity (Wildman–Crippen MR) is 88.1 cm³/mol. The molecule has 0 radical (unpaired) electrons. The fourth-order valence-corrected chi connectivity index (χ4v) is 2.78. The average molecular weight is 307 g/mol. The van der Waals surface area contributed by atoms with Gasteiger partial charge in [-0.05, 0) is 12.5 Å². The van der Waals surface area contributed by atoms with E-state index in [-0.39, 0.29) is 12.5 Å². The number of aliphatic hydroxyl groups excluding tert-OH is 1. The molecule has 1 amide bonds. The van der Waals surface area contributed by atoms with Crippen LogP contribution < -0.4 is 5.32 Å². The lowest BCUT2D eigenvalue weighted by Crippen LogP contribution is -2.21. The Labute approximate surface area is 131 Å². The molecule has 1 heterocycles. The predicted octanol–water partition coefficient (Wildman–Crippen LogP) is 3.46. The van der Waals surface area contributed by atoms with Gasteiger partial charge in [0.25, 0.3) is 0 Å². The van der Waals surface area contributed by atoms with Crippen LogP contribution in [0.4, 0.5) is 0 Å². The first kappa shape index (κ1) is 17.7. The summed E-state index contributed by atoms with van der Waals surface area (Å²) in [6, 6.07) is 1.96. The van der Waals surface area contributed by atoms with E-state index in [9.17, 15) is 4.79 Å². The number of nitrogens with one attached hydrogen (secondary N) is 1. The minimum Gasteiger partial charge on any atom is -0.384 e. The van der Waals surface area contributed by atoms with Gasteiger partial charge in [-0.3, -0.25) is 4.79 Å². The topological polar surface area (TPSA) is 49.3 Å². The molecule has 0 saturated carbocycles. The second-order valence-electron chi connectivity index (χ2n) is 5.06. The third kappa shape index (κ3) is 8.54. The van der Waals surface area contributed by atoms with Crippen molar-refractivity contribution in [2.75, 3.05) is 6.61 Å². The number of amides is 1. The quantitative estimate of drug-likeness (QED) is 0.542. The molecule has 0 saturated heterocycles. The molecule has 0 aliphatic carbocycles. The summed E-state index contributed by atoms with van der Waals surface area (Å²) in [7, 11) is 0. The lowest BCUT2D eigenvalue weighted by Gasteiger charge is -2.03. The summed E-state index contributed by atoms with van der Waals surface area (Å²) in [5, 5.41) is 13.5. The molecule has 0 aliphatic rings. The number of thiophene rings is 1. The molecule has 116 valence electrons. The van der Waals surface area contributed by atoms with Gasteiger partial charge >= 0.3 is 0 Å². The summed E-state index contributed by atoms with van der Waals surface area (Å²) in [6.07, 6.45) is 7.82. The van der Waals surface area contributed by atoms with Crippen molar-refractivity contribution in [3.63, 3.8) is 0 Å². The molecule has 0 unspecified atom stereocenters. The van der Waals surface area contributed by atoms with E-state index in [0.29, 0.717) is 13.0 Å². The maximum atomic E-state index is 11.7. The van der Waals surface area contributed by atoms with Gasteiger partial charge in [-0.25, -0.2) is 0 Å². The van der Waals surface area contributed by atoms with E-state index < -0.39 is 0 Å². The van der Waals surface area contributed by atoms with Crippen LogP contribution in [0.3, 0.4) is 0 Å². The van der Waals surface area contributed by atoms with Gasteiger partial charge in [0, 0.05) is 22.2 Å². The van der Waals surface area contributed by atoms with Gasteiger partial charge in [-0.2, -0.15) is 0 Å². The molecule has 1 aromatic heterocycles. The van der Waals surface area contributed by atoms with E-state index in [2.05, 4.69) is 24.1 Å². The summed E-state index contributed by atoms with van der Waals surface area (Å²) >= 11 is 1.58. The molecule has 0 atom stereocenters. The van der Waals surface area contributed by atoms with Crippen molar-refractivity contribution >= 4 is 17.2 Å². The van der Waals surface area contributed by atoms with Crippen LogP contribution in [0.5, 0.6) is 0 Å². The summed E-state index contributed by atoms with van der Waals surface area (Å²) in [5.41, 5.74) is 0.897. The van der Waals surface area contributed by atoms with Crippen LogP contribution in [-0.2, 0) is 11.3 Å². The Bertz CT molecular complexity index is 471. The van der Waals surface area contributed by atoms with E-state index in [1.54, 1.807) is 11.3 Å². The van der Waals surface area contributed by atoms with Crippen molar-refractivity contribution in [3.05, 3.63) is 21.9 Å². The van der Waals surface area contributed by atoms with Gasteiger partial charge in [-0.15, -0.1) is 11.3 Å². The molecule has 1 rings (SSSR count). The Morgan fingerprint density at radius 2 is 2.05 bits per heavy atom. The number of carbonyl (C=O) groups excluding carboxylic acids is 1. The number of unbranched alkanes of at least 4 members (excludes halogenated alkanes) is 5. The smallest absolute Gasteiger partial charge is 0.220 e. The number of rotatable bonds is 9. The van der Waals surface area contributed by atoms with E-state index >= 15 is 0 Å². The number of carbonyl (C=O) groups is 1. The van der Waals surface area contributed by atoms with Crippen LogP contribution >= 0.6 is 11.3 Å². The fraction of sp³-hybridized carbons (Fsp3) is 0.588. The van der Waals surface area contributed by atoms with E-state index in [4.69, 9.17) is 5.11 Å². The first-order chi connectivity index (χ1) is 10.3. The van der Waals surface area contributed by atoms with Crippen molar-refractivity contribution in [1.29, 1.82) is 0 Å². The zero-order chi connectivity index (χ0) is 15.3. The SMILES string of the molecule is CCCCCCCCC(=O)NCc1cc(C#CCO)cs1. The lowest BCUT2D eigenvalue weighted by atomic mass is 10.1. The minimum atomic E-state index is -0.125. The standard InChI is InChI=1S/C17H25NO2S/c1-2-3-4-5-6-7-10-17(20)18-13-16-12-15(14-21-16)9-8-11-19/h12,14,19H,2-7,10-11,13H2,1H3,(H,18,20). The van der Waals surface area contributed by atoms with E-state index in [0.717, 1.165) is 23.3 Å².